The topological polar surface area (TPSA) is 63.3 Å². The van der Waals surface area contributed by atoms with Crippen molar-refractivity contribution in [3.8, 4) is 0 Å². The maximum Gasteiger partial charge on any atom is 0.375 e. The summed E-state index contributed by atoms with van der Waals surface area (Å²) in [6, 6.07) is 0. The minimum atomic E-state index is -1.09. The standard InChI is InChI=1S/C8H10BrNO3/c1-8(2,3)4-5(7(11)12)13-10-6(4)9/h1-3H3,(H,11,12). The maximum absolute atomic E-state index is 10.7. The number of hydrogen-bond donors (Lipinski definition) is 1. The molecule has 1 heterocycles. The number of rotatable bonds is 1. The zero-order valence-corrected chi connectivity index (χ0v) is 9.17. The van der Waals surface area contributed by atoms with Gasteiger partial charge in [-0.3, -0.25) is 0 Å². The lowest BCUT2D eigenvalue weighted by Crippen LogP contribution is -2.15. The highest BCUT2D eigenvalue weighted by molar-refractivity contribution is 9.10. The average molecular weight is 248 g/mol. The van der Waals surface area contributed by atoms with Gasteiger partial charge in [0, 0.05) is 5.56 Å². The summed E-state index contributed by atoms with van der Waals surface area (Å²) in [6.45, 7) is 5.70. The second kappa shape index (κ2) is 3.14. The molecule has 0 spiro atoms. The smallest absolute Gasteiger partial charge is 0.375 e. The fraction of sp³-hybridized carbons (Fsp3) is 0.500. The van der Waals surface area contributed by atoms with Crippen molar-refractivity contribution in [3.63, 3.8) is 0 Å². The van der Waals surface area contributed by atoms with E-state index in [1.807, 2.05) is 20.8 Å². The van der Waals surface area contributed by atoms with Crippen LogP contribution >= 0.6 is 15.9 Å². The molecule has 1 aromatic rings. The van der Waals surface area contributed by atoms with Crippen LogP contribution in [0, 0.1) is 0 Å². The molecular formula is C8H10BrNO3. The average Bonchev–Trinajstić information content (AvgIpc) is 2.28. The number of hydrogen-bond acceptors (Lipinski definition) is 3. The minimum absolute atomic E-state index is 0.0978. The molecule has 0 fully saturated rings. The number of nitrogens with zero attached hydrogens (tertiary/aromatic N) is 1. The Kier molecular flexibility index (Phi) is 2.47. The van der Waals surface area contributed by atoms with E-state index in [2.05, 4.69) is 25.6 Å². The van der Waals surface area contributed by atoms with Crippen LogP contribution in [-0.2, 0) is 5.41 Å². The number of aromatic carboxylic acids is 1. The van der Waals surface area contributed by atoms with Crippen LogP contribution in [0.25, 0.3) is 0 Å². The summed E-state index contributed by atoms with van der Waals surface area (Å²) in [5.74, 6) is -1.19. The lowest BCUT2D eigenvalue weighted by Gasteiger charge is -2.16. The van der Waals surface area contributed by atoms with Crippen LogP contribution in [0.5, 0.6) is 0 Å². The van der Waals surface area contributed by atoms with Crippen molar-refractivity contribution in [2.45, 2.75) is 26.2 Å². The highest BCUT2D eigenvalue weighted by Crippen LogP contribution is 2.32. The van der Waals surface area contributed by atoms with Crippen LogP contribution in [0.4, 0.5) is 0 Å². The third-order valence-electron chi connectivity index (χ3n) is 1.59. The Balaban J connectivity index is 3.33. The van der Waals surface area contributed by atoms with Gasteiger partial charge < -0.3 is 9.63 Å². The van der Waals surface area contributed by atoms with Gasteiger partial charge in [0.05, 0.1) is 0 Å². The fourth-order valence-electron chi connectivity index (χ4n) is 1.07. The summed E-state index contributed by atoms with van der Waals surface area (Å²) in [5, 5.41) is 12.4. The van der Waals surface area contributed by atoms with Crippen LogP contribution in [0.1, 0.15) is 36.9 Å². The molecule has 72 valence electrons. The summed E-state index contributed by atoms with van der Waals surface area (Å²) in [6.07, 6.45) is 0. The predicted octanol–water partition coefficient (Wildman–Crippen LogP) is 2.43. The number of aromatic nitrogens is 1. The van der Waals surface area contributed by atoms with Gasteiger partial charge in [0.2, 0.25) is 5.76 Å². The summed E-state index contributed by atoms with van der Waals surface area (Å²) in [4.78, 5) is 10.7. The number of carbonyl (C=O) groups is 1. The Labute approximate surface area is 84.0 Å². The molecule has 0 aliphatic heterocycles. The predicted molar refractivity (Wildman–Crippen MR) is 49.9 cm³/mol. The molecule has 0 aliphatic rings. The van der Waals surface area contributed by atoms with Crippen LogP contribution in [-0.4, -0.2) is 16.2 Å². The first-order valence-electron chi connectivity index (χ1n) is 3.73. The molecule has 0 amide bonds. The molecule has 5 heteroatoms. The summed E-state index contributed by atoms with van der Waals surface area (Å²) < 4.78 is 5.14. The highest BCUT2D eigenvalue weighted by atomic mass is 79.9. The number of carboxylic acid groups (broad SMARTS) is 1. The molecule has 4 nitrogen and oxygen atoms in total. The Morgan fingerprint density at radius 3 is 2.38 bits per heavy atom. The lowest BCUT2D eigenvalue weighted by molar-refractivity contribution is 0.0648. The van der Waals surface area contributed by atoms with Gasteiger partial charge in [-0.25, -0.2) is 4.79 Å². The summed E-state index contributed by atoms with van der Waals surface area (Å²) in [5.41, 5.74) is 0.284. The van der Waals surface area contributed by atoms with Crippen LogP contribution < -0.4 is 0 Å². The molecule has 13 heavy (non-hydrogen) atoms. The number of carboxylic acids is 1. The molecular weight excluding hydrogens is 238 g/mol. The normalized spacial score (nSPS) is 11.7. The van der Waals surface area contributed by atoms with Gasteiger partial charge >= 0.3 is 5.97 Å². The third-order valence-corrected chi connectivity index (χ3v) is 2.14. The Morgan fingerprint density at radius 1 is 1.54 bits per heavy atom. The first kappa shape index (κ1) is 10.2. The Morgan fingerprint density at radius 2 is 2.08 bits per heavy atom. The molecule has 0 bridgehead atoms. The summed E-state index contributed by atoms with van der Waals surface area (Å²) >= 11 is 3.15. The molecule has 1 N–H and O–H groups in total. The Bertz CT molecular complexity index is 338. The van der Waals surface area contributed by atoms with Gasteiger partial charge in [-0.2, -0.15) is 0 Å². The van der Waals surface area contributed by atoms with Gasteiger partial charge in [-0.15, -0.1) is 0 Å². The van der Waals surface area contributed by atoms with Gasteiger partial charge in [-0.1, -0.05) is 25.9 Å². The van der Waals surface area contributed by atoms with Crippen molar-refractivity contribution < 1.29 is 14.4 Å². The second-order valence-electron chi connectivity index (χ2n) is 3.73. The van der Waals surface area contributed by atoms with E-state index in [-0.39, 0.29) is 11.2 Å². The lowest BCUT2D eigenvalue weighted by atomic mass is 9.87. The van der Waals surface area contributed by atoms with Crippen LogP contribution in [0.3, 0.4) is 0 Å². The van der Waals surface area contributed by atoms with Gasteiger partial charge in [0.15, 0.2) is 4.60 Å². The first-order chi connectivity index (χ1) is 5.84. The molecule has 0 radical (unpaired) electrons. The summed E-state index contributed by atoms with van der Waals surface area (Å²) in [7, 11) is 0. The van der Waals surface area contributed by atoms with Crippen molar-refractivity contribution in [1.82, 2.24) is 5.16 Å². The molecule has 0 atom stereocenters. The van der Waals surface area contributed by atoms with E-state index in [4.69, 9.17) is 5.11 Å². The molecule has 1 aromatic heterocycles. The molecule has 0 aromatic carbocycles. The quantitative estimate of drug-likeness (QED) is 0.828. The first-order valence-corrected chi connectivity index (χ1v) is 4.52. The van der Waals surface area contributed by atoms with Gasteiger partial charge in [0.25, 0.3) is 0 Å². The van der Waals surface area contributed by atoms with Crippen LogP contribution in [0.2, 0.25) is 0 Å². The second-order valence-corrected chi connectivity index (χ2v) is 4.48. The van der Waals surface area contributed by atoms with E-state index in [0.29, 0.717) is 10.2 Å². The van der Waals surface area contributed by atoms with E-state index < -0.39 is 5.97 Å². The molecule has 0 saturated carbocycles. The molecule has 0 aliphatic carbocycles. The zero-order chi connectivity index (χ0) is 10.2. The molecule has 1 rings (SSSR count). The van der Waals surface area contributed by atoms with Crippen LogP contribution in [0.15, 0.2) is 9.13 Å². The van der Waals surface area contributed by atoms with Crippen molar-refractivity contribution >= 4 is 21.9 Å². The SMILES string of the molecule is CC(C)(C)c1c(Br)noc1C(=O)O. The van der Waals surface area contributed by atoms with E-state index in [1.54, 1.807) is 0 Å². The molecule has 0 unspecified atom stereocenters. The zero-order valence-electron chi connectivity index (χ0n) is 7.59. The minimum Gasteiger partial charge on any atom is -0.475 e. The molecule has 0 saturated heterocycles. The fourth-order valence-corrected chi connectivity index (χ4v) is 1.91. The maximum atomic E-state index is 10.7. The van der Waals surface area contributed by atoms with E-state index in [0.717, 1.165) is 0 Å². The van der Waals surface area contributed by atoms with Crippen molar-refractivity contribution in [2.75, 3.05) is 0 Å². The highest BCUT2D eigenvalue weighted by Gasteiger charge is 2.29. The Hall–Kier alpha value is -0.840. The van der Waals surface area contributed by atoms with Gasteiger partial charge in [0.1, 0.15) is 0 Å². The van der Waals surface area contributed by atoms with Crippen molar-refractivity contribution in [3.05, 3.63) is 15.9 Å². The third kappa shape index (κ3) is 1.91. The van der Waals surface area contributed by atoms with E-state index in [1.165, 1.54) is 0 Å². The number of halogens is 1. The van der Waals surface area contributed by atoms with E-state index >= 15 is 0 Å². The van der Waals surface area contributed by atoms with Crippen molar-refractivity contribution in [1.29, 1.82) is 0 Å². The largest absolute Gasteiger partial charge is 0.475 e. The van der Waals surface area contributed by atoms with Crippen molar-refractivity contribution in [2.24, 2.45) is 0 Å². The monoisotopic (exact) mass is 247 g/mol. The van der Waals surface area contributed by atoms with Gasteiger partial charge in [-0.05, 0) is 21.3 Å². The van der Waals surface area contributed by atoms with E-state index in [9.17, 15) is 4.79 Å².